The van der Waals surface area contributed by atoms with Gasteiger partial charge in [0.1, 0.15) is 0 Å². The van der Waals surface area contributed by atoms with E-state index in [0.717, 1.165) is 11.1 Å². The highest BCUT2D eigenvalue weighted by Gasteiger charge is 2.48. The summed E-state index contributed by atoms with van der Waals surface area (Å²) in [6.07, 6.45) is 1.18. The van der Waals surface area contributed by atoms with Crippen LogP contribution in [0.5, 0.6) is 0 Å². The molecule has 4 atom stereocenters. The number of benzene rings is 2. The summed E-state index contributed by atoms with van der Waals surface area (Å²) in [7, 11) is 0. The van der Waals surface area contributed by atoms with Gasteiger partial charge < -0.3 is 14.8 Å². The molecule has 2 aliphatic heterocycles. The van der Waals surface area contributed by atoms with E-state index < -0.39 is 11.2 Å². The number of carbonyl (C=O) groups excluding carboxylic acids is 1. The summed E-state index contributed by atoms with van der Waals surface area (Å²) >= 11 is 12.4. The van der Waals surface area contributed by atoms with Crippen molar-refractivity contribution in [3.05, 3.63) is 69.7 Å². The molecule has 1 N–H and O–H groups in total. The lowest BCUT2D eigenvalue weighted by atomic mass is 9.68. The summed E-state index contributed by atoms with van der Waals surface area (Å²) in [5, 5.41) is 4.65. The van der Waals surface area contributed by atoms with Crippen LogP contribution in [0.25, 0.3) is 0 Å². The lowest BCUT2D eigenvalue weighted by Gasteiger charge is -2.43. The van der Waals surface area contributed by atoms with E-state index in [4.69, 9.17) is 32.7 Å². The predicted molar refractivity (Wildman–Crippen MR) is 119 cm³/mol. The molecule has 0 spiro atoms. The number of hydrogen-bond donors (Lipinski definition) is 1. The van der Waals surface area contributed by atoms with Crippen molar-refractivity contribution in [1.29, 1.82) is 0 Å². The van der Waals surface area contributed by atoms with E-state index >= 15 is 0 Å². The molecule has 2 saturated heterocycles. The first kappa shape index (κ1) is 21.6. The standard InChI is InChI=1S/C24H27Cl2NO3/c1-23(2)29-14-19(30-23)12-24(3)13-20(16-5-4-6-18(26)11-16)21(27-22(24)28)15-7-9-17(25)10-8-15/h4-11,19-21H,12-14H2,1-3H3,(H,27,28)/t19?,20?,21-,24+/m1/s1. The van der Waals surface area contributed by atoms with Crippen molar-refractivity contribution >= 4 is 29.1 Å². The van der Waals surface area contributed by atoms with Gasteiger partial charge in [-0.2, -0.15) is 0 Å². The molecule has 0 saturated carbocycles. The van der Waals surface area contributed by atoms with Crippen LogP contribution in [0.15, 0.2) is 48.5 Å². The van der Waals surface area contributed by atoms with E-state index in [0.29, 0.717) is 29.5 Å². The van der Waals surface area contributed by atoms with E-state index in [1.807, 2.05) is 63.2 Å². The highest BCUT2D eigenvalue weighted by Crippen LogP contribution is 2.48. The fraction of sp³-hybridized carbons (Fsp3) is 0.458. The molecular weight excluding hydrogens is 421 g/mol. The number of nitrogens with one attached hydrogen (secondary N) is 1. The van der Waals surface area contributed by atoms with E-state index in [-0.39, 0.29) is 24.0 Å². The Morgan fingerprint density at radius 2 is 1.77 bits per heavy atom. The second-order valence-corrected chi connectivity index (χ2v) is 9.96. The highest BCUT2D eigenvalue weighted by molar-refractivity contribution is 6.30. The summed E-state index contributed by atoms with van der Waals surface area (Å²) in [4.78, 5) is 13.3. The molecule has 2 aromatic carbocycles. The summed E-state index contributed by atoms with van der Waals surface area (Å²) in [5.74, 6) is -0.498. The van der Waals surface area contributed by atoms with E-state index in [1.54, 1.807) is 0 Å². The van der Waals surface area contributed by atoms with Crippen LogP contribution in [0.4, 0.5) is 0 Å². The zero-order valence-electron chi connectivity index (χ0n) is 17.5. The fourth-order valence-corrected chi connectivity index (χ4v) is 5.01. The molecular formula is C24H27Cl2NO3. The summed E-state index contributed by atoms with van der Waals surface area (Å²) in [6, 6.07) is 15.4. The molecule has 2 fully saturated rings. The van der Waals surface area contributed by atoms with Crippen LogP contribution in [0.3, 0.4) is 0 Å². The maximum absolute atomic E-state index is 13.3. The summed E-state index contributed by atoms with van der Waals surface area (Å²) in [6.45, 7) is 6.33. The molecule has 1 amide bonds. The average molecular weight is 448 g/mol. The largest absolute Gasteiger partial charge is 0.348 e. The molecule has 4 rings (SSSR count). The number of rotatable bonds is 4. The fourth-order valence-electron chi connectivity index (χ4n) is 4.69. The van der Waals surface area contributed by atoms with E-state index in [9.17, 15) is 4.79 Å². The molecule has 0 bridgehead atoms. The van der Waals surface area contributed by atoms with Crippen LogP contribution in [0.1, 0.15) is 56.7 Å². The van der Waals surface area contributed by atoms with Crippen molar-refractivity contribution in [2.24, 2.45) is 5.41 Å². The first-order valence-corrected chi connectivity index (χ1v) is 11.0. The molecule has 6 heteroatoms. The predicted octanol–water partition coefficient (Wildman–Crippen LogP) is 5.89. The van der Waals surface area contributed by atoms with Gasteiger partial charge in [-0.05, 0) is 62.1 Å². The molecule has 4 nitrogen and oxygen atoms in total. The van der Waals surface area contributed by atoms with E-state index in [1.165, 1.54) is 0 Å². The van der Waals surface area contributed by atoms with Gasteiger partial charge in [0.25, 0.3) is 0 Å². The first-order chi connectivity index (χ1) is 14.2. The van der Waals surface area contributed by atoms with Gasteiger partial charge in [0.05, 0.1) is 18.8 Å². The Balaban J connectivity index is 1.65. The van der Waals surface area contributed by atoms with Crippen LogP contribution in [0.2, 0.25) is 10.0 Å². The second kappa shape index (κ2) is 8.16. The molecule has 2 aromatic rings. The minimum absolute atomic E-state index is 0.0361. The minimum Gasteiger partial charge on any atom is -0.348 e. The monoisotopic (exact) mass is 447 g/mol. The summed E-state index contributed by atoms with van der Waals surface area (Å²) < 4.78 is 11.7. The van der Waals surface area contributed by atoms with Crippen molar-refractivity contribution in [2.45, 2.75) is 57.5 Å². The normalized spacial score (nSPS) is 30.8. The number of halogens is 2. The van der Waals surface area contributed by atoms with Crippen LogP contribution in [0, 0.1) is 5.41 Å². The van der Waals surface area contributed by atoms with Crippen LogP contribution < -0.4 is 5.32 Å². The van der Waals surface area contributed by atoms with Gasteiger partial charge in [0.2, 0.25) is 5.91 Å². The Hall–Kier alpha value is -1.59. The number of carbonyl (C=O) groups is 1. The third-order valence-electron chi connectivity index (χ3n) is 6.16. The van der Waals surface area contributed by atoms with Crippen LogP contribution >= 0.6 is 23.2 Å². The topological polar surface area (TPSA) is 47.6 Å². The van der Waals surface area contributed by atoms with Gasteiger partial charge in [-0.25, -0.2) is 0 Å². The van der Waals surface area contributed by atoms with Crippen molar-refractivity contribution < 1.29 is 14.3 Å². The molecule has 2 aliphatic rings. The number of hydrogen-bond acceptors (Lipinski definition) is 3. The highest BCUT2D eigenvalue weighted by atomic mass is 35.5. The second-order valence-electron chi connectivity index (χ2n) is 9.08. The van der Waals surface area contributed by atoms with Gasteiger partial charge in [-0.15, -0.1) is 0 Å². The lowest BCUT2D eigenvalue weighted by Crippen LogP contribution is -2.50. The Morgan fingerprint density at radius 1 is 1.03 bits per heavy atom. The van der Waals surface area contributed by atoms with Crippen LogP contribution in [-0.4, -0.2) is 24.4 Å². The van der Waals surface area contributed by atoms with Crippen molar-refractivity contribution in [2.75, 3.05) is 6.61 Å². The third-order valence-corrected chi connectivity index (χ3v) is 6.65. The minimum atomic E-state index is -0.607. The maximum atomic E-state index is 13.3. The zero-order chi connectivity index (χ0) is 21.5. The lowest BCUT2D eigenvalue weighted by molar-refractivity contribution is -0.149. The molecule has 0 radical (unpaired) electrons. The number of amides is 1. The smallest absolute Gasteiger partial charge is 0.226 e. The Morgan fingerprint density at radius 3 is 2.40 bits per heavy atom. The zero-order valence-corrected chi connectivity index (χ0v) is 19.0. The van der Waals surface area contributed by atoms with Crippen molar-refractivity contribution in [3.8, 4) is 0 Å². The molecule has 0 aliphatic carbocycles. The van der Waals surface area contributed by atoms with Gasteiger partial charge in [-0.1, -0.05) is 54.4 Å². The molecule has 160 valence electrons. The average Bonchev–Trinajstić information content (AvgIpc) is 3.02. The third kappa shape index (κ3) is 4.52. The van der Waals surface area contributed by atoms with Gasteiger partial charge in [0.15, 0.2) is 5.79 Å². The quantitative estimate of drug-likeness (QED) is 0.635. The van der Waals surface area contributed by atoms with Gasteiger partial charge >= 0.3 is 0 Å². The van der Waals surface area contributed by atoms with Crippen molar-refractivity contribution in [3.63, 3.8) is 0 Å². The SMILES string of the molecule is CC1(C)OCC(C[C@@]2(C)CC(c3cccc(Cl)c3)[C@@H](c3ccc(Cl)cc3)NC2=O)O1. The molecule has 0 aromatic heterocycles. The number of ether oxygens (including phenoxy) is 2. The first-order valence-electron chi connectivity index (χ1n) is 10.3. The Labute approximate surface area is 187 Å². The molecule has 2 heterocycles. The Kier molecular flexibility index (Phi) is 5.88. The molecule has 2 unspecified atom stereocenters. The van der Waals surface area contributed by atoms with Gasteiger partial charge in [0, 0.05) is 21.4 Å². The maximum Gasteiger partial charge on any atom is 0.226 e. The number of piperidine rings is 1. The summed E-state index contributed by atoms with van der Waals surface area (Å²) in [5.41, 5.74) is 1.56. The molecule has 30 heavy (non-hydrogen) atoms. The Bertz CT molecular complexity index is 930. The van der Waals surface area contributed by atoms with Gasteiger partial charge in [-0.3, -0.25) is 4.79 Å². The van der Waals surface area contributed by atoms with Crippen LogP contribution in [-0.2, 0) is 14.3 Å². The van der Waals surface area contributed by atoms with E-state index in [2.05, 4.69) is 11.4 Å². The van der Waals surface area contributed by atoms with Crippen molar-refractivity contribution in [1.82, 2.24) is 5.32 Å².